The van der Waals surface area contributed by atoms with Crippen molar-refractivity contribution >= 4 is 5.97 Å². The minimum Gasteiger partial charge on any atom is -0.380 e. The second kappa shape index (κ2) is 4.57. The topological polar surface area (TPSA) is 44.8 Å². The zero-order chi connectivity index (χ0) is 10.6. The van der Waals surface area contributed by atoms with Crippen LogP contribution in [-0.2, 0) is 19.3 Å². The quantitative estimate of drug-likeness (QED) is 0.391. The average Bonchev–Trinajstić information content (AvgIpc) is 2.13. The van der Waals surface area contributed by atoms with E-state index in [1.54, 1.807) is 19.9 Å². The van der Waals surface area contributed by atoms with Gasteiger partial charge < -0.3 is 4.74 Å². The van der Waals surface area contributed by atoms with Crippen LogP contribution in [0, 0.1) is 5.41 Å². The summed E-state index contributed by atoms with van der Waals surface area (Å²) in [5, 5.41) is 0. The fourth-order valence-electron chi connectivity index (χ4n) is 0.943. The van der Waals surface area contributed by atoms with E-state index in [9.17, 15) is 4.79 Å². The summed E-state index contributed by atoms with van der Waals surface area (Å²) in [5.74, 6) is -0.434. The van der Waals surface area contributed by atoms with Crippen molar-refractivity contribution in [3.05, 3.63) is 11.6 Å². The van der Waals surface area contributed by atoms with E-state index in [-0.39, 0.29) is 5.41 Å². The van der Waals surface area contributed by atoms with Gasteiger partial charge in [0.2, 0.25) is 0 Å². The molecule has 0 spiro atoms. The highest BCUT2D eigenvalue weighted by Gasteiger charge is 2.34. The van der Waals surface area contributed by atoms with Crippen LogP contribution in [0.25, 0.3) is 0 Å². The summed E-state index contributed by atoms with van der Waals surface area (Å²) in [5.41, 5.74) is 0.546. The maximum atomic E-state index is 11.1. The van der Waals surface area contributed by atoms with Gasteiger partial charge in [-0.05, 0) is 13.8 Å². The zero-order valence-electron chi connectivity index (χ0n) is 8.83. The van der Waals surface area contributed by atoms with Gasteiger partial charge in [0.1, 0.15) is 6.61 Å². The third kappa shape index (κ3) is 2.82. The van der Waals surface area contributed by atoms with Crippen LogP contribution in [0.1, 0.15) is 20.8 Å². The standard InChI is InChI=1S/C10H16O4/c1-4-8(2)9(11)14-13-7-10(3)5-12-6-10/h4H,5-7H2,1-3H3. The molecule has 1 fully saturated rings. The van der Waals surface area contributed by atoms with Gasteiger partial charge >= 0.3 is 5.97 Å². The Hall–Kier alpha value is -0.870. The molecule has 80 valence electrons. The molecule has 0 aromatic heterocycles. The summed E-state index contributed by atoms with van der Waals surface area (Å²) < 4.78 is 5.03. The molecular weight excluding hydrogens is 184 g/mol. The first-order chi connectivity index (χ1) is 6.57. The van der Waals surface area contributed by atoms with Crippen molar-refractivity contribution in [2.45, 2.75) is 20.8 Å². The first-order valence-corrected chi connectivity index (χ1v) is 4.62. The van der Waals surface area contributed by atoms with Crippen LogP contribution >= 0.6 is 0 Å². The fraction of sp³-hybridized carbons (Fsp3) is 0.700. The van der Waals surface area contributed by atoms with E-state index in [1.807, 2.05) is 6.92 Å². The highest BCUT2D eigenvalue weighted by molar-refractivity contribution is 5.87. The van der Waals surface area contributed by atoms with Crippen LogP contribution in [0.4, 0.5) is 0 Å². The van der Waals surface area contributed by atoms with Crippen molar-refractivity contribution in [3.63, 3.8) is 0 Å². The number of hydrogen-bond acceptors (Lipinski definition) is 4. The molecule has 0 unspecified atom stereocenters. The average molecular weight is 200 g/mol. The Morgan fingerprint density at radius 2 is 2.21 bits per heavy atom. The van der Waals surface area contributed by atoms with Gasteiger partial charge in [-0.2, -0.15) is 4.89 Å². The highest BCUT2D eigenvalue weighted by atomic mass is 17.2. The number of hydrogen-bond donors (Lipinski definition) is 0. The van der Waals surface area contributed by atoms with E-state index in [1.165, 1.54) is 0 Å². The third-order valence-corrected chi connectivity index (χ3v) is 2.20. The third-order valence-electron chi connectivity index (χ3n) is 2.20. The molecule has 0 bridgehead atoms. The molecule has 0 N–H and O–H groups in total. The van der Waals surface area contributed by atoms with Crippen LogP contribution in [0.2, 0.25) is 0 Å². The molecule has 1 aliphatic heterocycles. The van der Waals surface area contributed by atoms with E-state index in [0.29, 0.717) is 25.4 Å². The van der Waals surface area contributed by atoms with Gasteiger partial charge in [0, 0.05) is 11.0 Å². The monoisotopic (exact) mass is 200 g/mol. The minimum absolute atomic E-state index is 0.00408. The largest absolute Gasteiger partial charge is 0.380 e. The molecule has 0 aliphatic carbocycles. The van der Waals surface area contributed by atoms with Crippen LogP contribution in [0.15, 0.2) is 11.6 Å². The van der Waals surface area contributed by atoms with E-state index in [0.717, 1.165) is 0 Å². The molecule has 1 saturated heterocycles. The highest BCUT2D eigenvalue weighted by Crippen LogP contribution is 2.26. The number of carbonyl (C=O) groups excluding carboxylic acids is 1. The number of allylic oxidation sites excluding steroid dienone is 1. The van der Waals surface area contributed by atoms with Crippen molar-refractivity contribution in [1.82, 2.24) is 0 Å². The predicted octanol–water partition coefficient (Wildman–Crippen LogP) is 1.46. The van der Waals surface area contributed by atoms with Crippen molar-refractivity contribution in [2.75, 3.05) is 19.8 Å². The van der Waals surface area contributed by atoms with Crippen LogP contribution < -0.4 is 0 Å². The van der Waals surface area contributed by atoms with E-state index >= 15 is 0 Å². The lowest BCUT2D eigenvalue weighted by molar-refractivity contribution is -0.298. The molecule has 1 heterocycles. The molecule has 0 amide bonds. The van der Waals surface area contributed by atoms with Gasteiger partial charge in [0.15, 0.2) is 0 Å². The maximum absolute atomic E-state index is 11.1. The smallest absolute Gasteiger partial charge is 0.368 e. The minimum atomic E-state index is -0.434. The van der Waals surface area contributed by atoms with Crippen molar-refractivity contribution < 1.29 is 19.3 Å². The number of rotatable bonds is 4. The van der Waals surface area contributed by atoms with Gasteiger partial charge in [-0.3, -0.25) is 4.89 Å². The molecule has 0 aromatic carbocycles. The Balaban J connectivity index is 2.18. The van der Waals surface area contributed by atoms with Crippen LogP contribution in [0.3, 0.4) is 0 Å². The van der Waals surface area contributed by atoms with Crippen LogP contribution in [-0.4, -0.2) is 25.8 Å². The molecule has 14 heavy (non-hydrogen) atoms. The lowest BCUT2D eigenvalue weighted by atomic mass is 9.90. The molecule has 4 heteroatoms. The molecule has 0 radical (unpaired) electrons. The van der Waals surface area contributed by atoms with Gasteiger partial charge in [-0.15, -0.1) is 0 Å². The van der Waals surface area contributed by atoms with Crippen molar-refractivity contribution in [3.8, 4) is 0 Å². The summed E-state index contributed by atoms with van der Waals surface area (Å²) >= 11 is 0. The predicted molar refractivity (Wildman–Crippen MR) is 50.4 cm³/mol. The first kappa shape index (κ1) is 11.2. The van der Waals surface area contributed by atoms with Crippen molar-refractivity contribution in [1.29, 1.82) is 0 Å². The second-order valence-electron chi connectivity index (χ2n) is 3.91. The molecule has 4 nitrogen and oxygen atoms in total. The molecule has 0 atom stereocenters. The summed E-state index contributed by atoms with van der Waals surface area (Å²) in [7, 11) is 0. The maximum Gasteiger partial charge on any atom is 0.368 e. The van der Waals surface area contributed by atoms with Gasteiger partial charge in [0.25, 0.3) is 0 Å². The second-order valence-corrected chi connectivity index (χ2v) is 3.91. The van der Waals surface area contributed by atoms with E-state index in [2.05, 4.69) is 4.89 Å². The normalized spacial score (nSPS) is 20.1. The Kier molecular flexibility index (Phi) is 3.66. The Bertz CT molecular complexity index is 241. The summed E-state index contributed by atoms with van der Waals surface area (Å²) in [6.07, 6.45) is 1.68. The van der Waals surface area contributed by atoms with Gasteiger partial charge in [-0.25, -0.2) is 4.79 Å². The Morgan fingerprint density at radius 1 is 1.57 bits per heavy atom. The SMILES string of the molecule is CC=C(C)C(=O)OOCC1(C)COC1. The lowest BCUT2D eigenvalue weighted by Gasteiger charge is -2.36. The van der Waals surface area contributed by atoms with Gasteiger partial charge in [0.05, 0.1) is 13.2 Å². The number of ether oxygens (including phenoxy) is 1. The van der Waals surface area contributed by atoms with Gasteiger partial charge in [-0.1, -0.05) is 13.0 Å². The van der Waals surface area contributed by atoms with Crippen molar-refractivity contribution in [2.24, 2.45) is 5.41 Å². The fourth-order valence-corrected chi connectivity index (χ4v) is 0.943. The molecule has 1 rings (SSSR count). The Morgan fingerprint density at radius 3 is 2.64 bits per heavy atom. The Labute approximate surface area is 83.8 Å². The molecule has 0 saturated carbocycles. The summed E-state index contributed by atoms with van der Waals surface area (Å²) in [6.45, 7) is 7.18. The molecular formula is C10H16O4. The summed E-state index contributed by atoms with van der Waals surface area (Å²) in [4.78, 5) is 20.6. The zero-order valence-corrected chi connectivity index (χ0v) is 8.83. The molecule has 1 aliphatic rings. The van der Waals surface area contributed by atoms with E-state index < -0.39 is 5.97 Å². The van der Waals surface area contributed by atoms with Crippen LogP contribution in [0.5, 0.6) is 0 Å². The first-order valence-electron chi connectivity index (χ1n) is 4.62. The summed E-state index contributed by atoms with van der Waals surface area (Å²) in [6, 6.07) is 0. The number of carbonyl (C=O) groups is 1. The lowest BCUT2D eigenvalue weighted by Crippen LogP contribution is -2.43. The van der Waals surface area contributed by atoms with E-state index in [4.69, 9.17) is 9.62 Å². The molecule has 0 aromatic rings.